The first kappa shape index (κ1) is 12.0. The minimum atomic E-state index is 0.0812. The number of aromatic nitrogens is 2. The second-order valence-electron chi connectivity index (χ2n) is 5.16. The molecule has 0 atom stereocenters. The lowest BCUT2D eigenvalue weighted by molar-refractivity contribution is -0.120. The zero-order chi connectivity index (χ0) is 11.5. The molecule has 0 aliphatic carbocycles. The molecule has 1 rings (SSSR count). The SMILES string of the molecule is CCn1cc(CC(=O)CC(C)(C)C)cn1. The van der Waals surface area contributed by atoms with E-state index in [4.69, 9.17) is 0 Å². The first-order valence-electron chi connectivity index (χ1n) is 5.44. The van der Waals surface area contributed by atoms with Crippen LogP contribution >= 0.6 is 0 Å². The average molecular weight is 208 g/mol. The van der Waals surface area contributed by atoms with E-state index in [-0.39, 0.29) is 11.2 Å². The first-order chi connectivity index (χ1) is 6.90. The average Bonchev–Trinajstić information content (AvgIpc) is 2.48. The molecule has 1 aromatic heterocycles. The topological polar surface area (TPSA) is 34.9 Å². The molecular weight excluding hydrogens is 188 g/mol. The van der Waals surface area contributed by atoms with Crippen molar-refractivity contribution >= 4 is 5.78 Å². The molecule has 0 amide bonds. The summed E-state index contributed by atoms with van der Waals surface area (Å²) in [5.74, 6) is 0.290. The molecule has 1 aromatic rings. The van der Waals surface area contributed by atoms with Gasteiger partial charge in [-0.2, -0.15) is 5.10 Å². The Hall–Kier alpha value is -1.12. The Labute approximate surface area is 91.5 Å². The van der Waals surface area contributed by atoms with Crippen LogP contribution in [0.2, 0.25) is 0 Å². The summed E-state index contributed by atoms with van der Waals surface area (Å²) in [6.07, 6.45) is 4.87. The van der Waals surface area contributed by atoms with Gasteiger partial charge in [0.25, 0.3) is 0 Å². The van der Waals surface area contributed by atoms with Crippen molar-refractivity contribution in [3.63, 3.8) is 0 Å². The predicted molar refractivity (Wildman–Crippen MR) is 60.7 cm³/mol. The van der Waals surface area contributed by atoms with Gasteiger partial charge in [-0.25, -0.2) is 0 Å². The fraction of sp³-hybridized carbons (Fsp3) is 0.667. The Balaban J connectivity index is 2.51. The normalized spacial score (nSPS) is 11.7. The van der Waals surface area contributed by atoms with Crippen molar-refractivity contribution in [2.75, 3.05) is 0 Å². The third kappa shape index (κ3) is 4.28. The number of hydrogen-bond donors (Lipinski definition) is 0. The zero-order valence-electron chi connectivity index (χ0n) is 10.1. The van der Waals surface area contributed by atoms with Gasteiger partial charge in [0.2, 0.25) is 0 Å². The van der Waals surface area contributed by atoms with Gasteiger partial charge in [-0.15, -0.1) is 0 Å². The summed E-state index contributed by atoms with van der Waals surface area (Å²) in [6.45, 7) is 9.14. The fourth-order valence-corrected chi connectivity index (χ4v) is 1.55. The minimum absolute atomic E-state index is 0.0812. The van der Waals surface area contributed by atoms with Crippen molar-refractivity contribution in [1.29, 1.82) is 0 Å². The lowest BCUT2D eigenvalue weighted by atomic mass is 9.88. The summed E-state index contributed by atoms with van der Waals surface area (Å²) in [5, 5.41) is 4.15. The number of ketones is 1. The highest BCUT2D eigenvalue weighted by atomic mass is 16.1. The summed E-state index contributed by atoms with van der Waals surface area (Å²) in [4.78, 5) is 11.7. The van der Waals surface area contributed by atoms with Crippen LogP contribution in [0.15, 0.2) is 12.4 Å². The van der Waals surface area contributed by atoms with Crippen molar-refractivity contribution < 1.29 is 4.79 Å². The van der Waals surface area contributed by atoms with E-state index >= 15 is 0 Å². The standard InChI is InChI=1S/C12H20N2O/c1-5-14-9-10(8-13-14)6-11(15)7-12(2,3)4/h8-9H,5-7H2,1-4H3. The molecule has 0 saturated carbocycles. The molecule has 0 fully saturated rings. The van der Waals surface area contributed by atoms with Crippen molar-refractivity contribution in [2.45, 2.75) is 47.1 Å². The Bertz CT molecular complexity index is 334. The summed E-state index contributed by atoms with van der Waals surface area (Å²) in [7, 11) is 0. The lowest BCUT2D eigenvalue weighted by Gasteiger charge is -2.16. The van der Waals surface area contributed by atoms with Crippen molar-refractivity contribution in [3.05, 3.63) is 18.0 Å². The molecule has 0 aromatic carbocycles. The van der Waals surface area contributed by atoms with Gasteiger partial charge in [0.05, 0.1) is 6.20 Å². The molecule has 15 heavy (non-hydrogen) atoms. The summed E-state index contributed by atoms with van der Waals surface area (Å²) < 4.78 is 1.85. The van der Waals surface area contributed by atoms with Crippen LogP contribution in [0.3, 0.4) is 0 Å². The molecule has 0 aliphatic heterocycles. The van der Waals surface area contributed by atoms with Gasteiger partial charge < -0.3 is 0 Å². The quantitative estimate of drug-likeness (QED) is 0.761. The van der Waals surface area contributed by atoms with Crippen molar-refractivity contribution in [1.82, 2.24) is 9.78 Å². The second-order valence-corrected chi connectivity index (χ2v) is 5.16. The molecule has 0 radical (unpaired) electrons. The van der Waals surface area contributed by atoms with Crippen LogP contribution < -0.4 is 0 Å². The molecule has 84 valence electrons. The lowest BCUT2D eigenvalue weighted by Crippen LogP contribution is -2.14. The fourth-order valence-electron chi connectivity index (χ4n) is 1.55. The molecule has 0 N–H and O–H groups in total. The van der Waals surface area contributed by atoms with Gasteiger partial charge in [0.1, 0.15) is 5.78 Å². The van der Waals surface area contributed by atoms with Crippen LogP contribution in [0, 0.1) is 5.41 Å². The zero-order valence-corrected chi connectivity index (χ0v) is 10.1. The molecule has 0 bridgehead atoms. The van der Waals surface area contributed by atoms with Crippen LogP contribution in [0.25, 0.3) is 0 Å². The van der Waals surface area contributed by atoms with Crippen molar-refractivity contribution in [2.24, 2.45) is 5.41 Å². The first-order valence-corrected chi connectivity index (χ1v) is 5.44. The molecule has 0 saturated heterocycles. The van der Waals surface area contributed by atoms with E-state index in [1.807, 2.05) is 17.8 Å². The maximum atomic E-state index is 11.7. The van der Waals surface area contributed by atoms with Crippen LogP contribution in [-0.4, -0.2) is 15.6 Å². The third-order valence-corrected chi connectivity index (χ3v) is 2.14. The van der Waals surface area contributed by atoms with Gasteiger partial charge in [0.15, 0.2) is 0 Å². The minimum Gasteiger partial charge on any atom is -0.299 e. The number of carbonyl (C=O) groups excluding carboxylic acids is 1. The third-order valence-electron chi connectivity index (χ3n) is 2.14. The molecule has 0 aliphatic rings. The van der Waals surface area contributed by atoms with E-state index in [2.05, 4.69) is 25.9 Å². The van der Waals surface area contributed by atoms with E-state index in [9.17, 15) is 4.79 Å². The van der Waals surface area contributed by atoms with Crippen molar-refractivity contribution in [3.8, 4) is 0 Å². The Morgan fingerprint density at radius 1 is 1.47 bits per heavy atom. The van der Waals surface area contributed by atoms with Gasteiger partial charge in [-0.1, -0.05) is 20.8 Å². The maximum absolute atomic E-state index is 11.7. The summed E-state index contributed by atoms with van der Waals surface area (Å²) in [6, 6.07) is 0. The van der Waals surface area contributed by atoms with Gasteiger partial charge in [-0.3, -0.25) is 9.48 Å². The smallest absolute Gasteiger partial charge is 0.137 e. The highest BCUT2D eigenvalue weighted by Crippen LogP contribution is 2.19. The Morgan fingerprint density at radius 3 is 2.60 bits per heavy atom. The summed E-state index contributed by atoms with van der Waals surface area (Å²) >= 11 is 0. The molecule has 0 spiro atoms. The number of hydrogen-bond acceptors (Lipinski definition) is 2. The molecule has 0 unspecified atom stereocenters. The number of carbonyl (C=O) groups is 1. The van der Waals surface area contributed by atoms with Gasteiger partial charge in [0, 0.05) is 25.6 Å². The maximum Gasteiger partial charge on any atom is 0.137 e. The predicted octanol–water partition coefficient (Wildman–Crippen LogP) is 2.45. The largest absolute Gasteiger partial charge is 0.299 e. The molecule has 1 heterocycles. The van der Waals surface area contributed by atoms with Crippen LogP contribution in [-0.2, 0) is 17.8 Å². The highest BCUT2D eigenvalue weighted by molar-refractivity contribution is 5.81. The van der Waals surface area contributed by atoms with E-state index in [1.54, 1.807) is 6.20 Å². The molecule has 3 nitrogen and oxygen atoms in total. The highest BCUT2D eigenvalue weighted by Gasteiger charge is 2.16. The molecular formula is C12H20N2O. The Kier molecular flexibility index (Phi) is 3.66. The van der Waals surface area contributed by atoms with E-state index in [0.29, 0.717) is 12.8 Å². The number of Topliss-reactive ketones (excluding diaryl/α,β-unsaturated/α-hetero) is 1. The van der Waals surface area contributed by atoms with Crippen LogP contribution in [0.5, 0.6) is 0 Å². The number of nitrogens with zero attached hydrogens (tertiary/aromatic N) is 2. The van der Waals surface area contributed by atoms with Gasteiger partial charge in [-0.05, 0) is 17.9 Å². The van der Waals surface area contributed by atoms with Crippen LogP contribution in [0.1, 0.15) is 39.7 Å². The number of aryl methyl sites for hydroxylation is 1. The van der Waals surface area contributed by atoms with E-state index in [0.717, 1.165) is 12.1 Å². The number of rotatable bonds is 4. The van der Waals surface area contributed by atoms with E-state index < -0.39 is 0 Å². The Morgan fingerprint density at radius 2 is 2.13 bits per heavy atom. The molecule has 3 heteroatoms. The monoisotopic (exact) mass is 208 g/mol. The summed E-state index contributed by atoms with van der Waals surface area (Å²) in [5.41, 5.74) is 1.10. The second kappa shape index (κ2) is 4.60. The van der Waals surface area contributed by atoms with Gasteiger partial charge >= 0.3 is 0 Å². The van der Waals surface area contributed by atoms with E-state index in [1.165, 1.54) is 0 Å². The van der Waals surface area contributed by atoms with Crippen LogP contribution in [0.4, 0.5) is 0 Å².